The number of hydrogen-bond acceptors (Lipinski definition) is 4. The number of likely N-dealkylation sites (tertiary alicyclic amines) is 1. The topological polar surface area (TPSA) is 56.6 Å². The van der Waals surface area contributed by atoms with Gasteiger partial charge in [0.1, 0.15) is 11.4 Å². The Morgan fingerprint density at radius 1 is 1.13 bits per heavy atom. The normalized spacial score (nSPS) is 17.2. The lowest BCUT2D eigenvalue weighted by molar-refractivity contribution is 0.0168. The molecule has 0 radical (unpaired) electrons. The summed E-state index contributed by atoms with van der Waals surface area (Å²) in [7, 11) is 1.68. The number of ether oxygens (including phenoxy) is 2. The zero-order chi connectivity index (χ0) is 21.3. The quantitative estimate of drug-likeness (QED) is 0.592. The Bertz CT molecular complexity index is 1050. The van der Waals surface area contributed by atoms with Gasteiger partial charge in [0.05, 0.1) is 18.7 Å². The zero-order valence-corrected chi connectivity index (χ0v) is 18.1. The van der Waals surface area contributed by atoms with Gasteiger partial charge in [-0.05, 0) is 62.9 Å². The van der Waals surface area contributed by atoms with Crippen LogP contribution in [0.5, 0.6) is 5.75 Å². The van der Waals surface area contributed by atoms with Gasteiger partial charge in [0.2, 0.25) is 0 Å². The van der Waals surface area contributed by atoms with E-state index in [0.29, 0.717) is 6.54 Å². The minimum atomic E-state index is -0.485. The monoisotopic (exact) mass is 407 g/mol. The van der Waals surface area contributed by atoms with Crippen LogP contribution in [0.1, 0.15) is 39.7 Å². The second-order valence-electron chi connectivity index (χ2n) is 8.84. The van der Waals surface area contributed by atoms with E-state index in [-0.39, 0.29) is 12.1 Å². The summed E-state index contributed by atoms with van der Waals surface area (Å²) in [6.45, 7) is 7.03. The van der Waals surface area contributed by atoms with Crippen LogP contribution in [0.15, 0.2) is 48.7 Å². The van der Waals surface area contributed by atoms with Crippen LogP contribution in [0.25, 0.3) is 22.0 Å². The molecule has 0 saturated carbocycles. The third-order valence-corrected chi connectivity index (χ3v) is 5.35. The molecule has 1 aliphatic rings. The summed E-state index contributed by atoms with van der Waals surface area (Å²) in [5.41, 5.74) is 2.66. The van der Waals surface area contributed by atoms with Crippen LogP contribution >= 0.6 is 0 Å². The van der Waals surface area contributed by atoms with Crippen molar-refractivity contribution in [3.8, 4) is 16.9 Å². The van der Waals surface area contributed by atoms with E-state index >= 15 is 0 Å². The summed E-state index contributed by atoms with van der Waals surface area (Å²) in [5.74, 6) is 0.836. The lowest BCUT2D eigenvalue weighted by Gasteiger charge is -2.34. The molecule has 1 amide bonds. The van der Waals surface area contributed by atoms with Gasteiger partial charge < -0.3 is 14.4 Å². The largest absolute Gasteiger partial charge is 0.497 e. The number of hydrogen-bond donors (Lipinski definition) is 0. The van der Waals surface area contributed by atoms with Crippen molar-refractivity contribution in [2.45, 2.75) is 45.3 Å². The molecule has 1 aromatic heterocycles. The van der Waals surface area contributed by atoms with Crippen LogP contribution < -0.4 is 4.74 Å². The molecule has 158 valence electrons. The summed E-state index contributed by atoms with van der Waals surface area (Å²) in [4.78, 5) is 14.3. The highest BCUT2D eigenvalue weighted by Gasteiger charge is 2.28. The molecule has 0 spiro atoms. The van der Waals surface area contributed by atoms with Gasteiger partial charge in [0, 0.05) is 24.7 Å². The van der Waals surface area contributed by atoms with E-state index < -0.39 is 5.60 Å². The fourth-order valence-corrected chi connectivity index (χ4v) is 3.87. The third kappa shape index (κ3) is 4.42. The van der Waals surface area contributed by atoms with Gasteiger partial charge in [0.25, 0.3) is 0 Å². The second-order valence-corrected chi connectivity index (χ2v) is 8.84. The first-order valence-corrected chi connectivity index (χ1v) is 10.4. The predicted octanol–water partition coefficient (Wildman–Crippen LogP) is 5.28. The Morgan fingerprint density at radius 3 is 2.70 bits per heavy atom. The molecule has 1 aliphatic heterocycles. The number of nitrogens with zero attached hydrogens (tertiary/aromatic N) is 3. The molecule has 2 heterocycles. The van der Waals surface area contributed by atoms with Gasteiger partial charge in [-0.25, -0.2) is 4.79 Å². The average Bonchev–Trinajstić information content (AvgIpc) is 3.16. The molecule has 1 fully saturated rings. The smallest absolute Gasteiger partial charge is 0.410 e. The van der Waals surface area contributed by atoms with Crippen LogP contribution in [0.2, 0.25) is 0 Å². The summed E-state index contributed by atoms with van der Waals surface area (Å²) in [6, 6.07) is 14.5. The molecule has 1 unspecified atom stereocenters. The van der Waals surface area contributed by atoms with Gasteiger partial charge in [-0.2, -0.15) is 5.10 Å². The van der Waals surface area contributed by atoms with E-state index in [0.717, 1.165) is 47.2 Å². The number of benzene rings is 2. The number of amides is 1. The molecule has 0 N–H and O–H groups in total. The fourth-order valence-electron chi connectivity index (χ4n) is 3.87. The number of carbonyl (C=O) groups is 1. The van der Waals surface area contributed by atoms with Gasteiger partial charge in [-0.15, -0.1) is 0 Å². The first-order chi connectivity index (χ1) is 14.3. The van der Waals surface area contributed by atoms with Crippen molar-refractivity contribution in [3.63, 3.8) is 0 Å². The molecule has 6 heteroatoms. The number of rotatable bonds is 3. The van der Waals surface area contributed by atoms with Gasteiger partial charge in [-0.1, -0.05) is 24.3 Å². The molecule has 4 rings (SSSR count). The maximum atomic E-state index is 12.5. The van der Waals surface area contributed by atoms with Crippen molar-refractivity contribution in [2.75, 3.05) is 20.2 Å². The van der Waals surface area contributed by atoms with Crippen molar-refractivity contribution < 1.29 is 14.3 Å². The van der Waals surface area contributed by atoms with E-state index in [1.165, 1.54) is 0 Å². The van der Waals surface area contributed by atoms with Crippen molar-refractivity contribution in [1.82, 2.24) is 14.7 Å². The predicted molar refractivity (Wildman–Crippen MR) is 118 cm³/mol. The van der Waals surface area contributed by atoms with Crippen molar-refractivity contribution in [1.29, 1.82) is 0 Å². The lowest BCUT2D eigenvalue weighted by Crippen LogP contribution is -2.43. The van der Waals surface area contributed by atoms with Gasteiger partial charge >= 0.3 is 6.09 Å². The van der Waals surface area contributed by atoms with Crippen molar-refractivity contribution in [2.24, 2.45) is 0 Å². The summed E-state index contributed by atoms with van der Waals surface area (Å²) < 4.78 is 12.9. The number of aromatic nitrogens is 2. The first kappa shape index (κ1) is 20.3. The first-order valence-electron chi connectivity index (χ1n) is 10.4. The summed E-state index contributed by atoms with van der Waals surface area (Å²) in [5, 5.41) is 5.93. The maximum absolute atomic E-state index is 12.5. The molecule has 2 aromatic carbocycles. The molecule has 0 bridgehead atoms. The Hall–Kier alpha value is -3.02. The Balaban J connectivity index is 1.55. The molecule has 1 saturated heterocycles. The minimum Gasteiger partial charge on any atom is -0.497 e. The van der Waals surface area contributed by atoms with Crippen molar-refractivity contribution >= 4 is 17.0 Å². The number of piperidine rings is 1. The van der Waals surface area contributed by atoms with Crippen LogP contribution in [0.4, 0.5) is 4.79 Å². The molecule has 30 heavy (non-hydrogen) atoms. The second kappa shape index (κ2) is 8.01. The lowest BCUT2D eigenvalue weighted by atomic mass is 10.0. The van der Waals surface area contributed by atoms with E-state index in [1.54, 1.807) is 12.0 Å². The van der Waals surface area contributed by atoms with E-state index in [4.69, 9.17) is 14.6 Å². The van der Waals surface area contributed by atoms with Gasteiger partial charge in [0.15, 0.2) is 0 Å². The summed E-state index contributed by atoms with van der Waals surface area (Å²) >= 11 is 0. The number of methoxy groups -OCH3 is 1. The molecule has 1 atom stereocenters. The number of carbonyl (C=O) groups excluding carboxylic acids is 1. The molecule has 3 aromatic rings. The molecular formula is C24H29N3O3. The Kier molecular flexibility index (Phi) is 5.41. The van der Waals surface area contributed by atoms with Crippen LogP contribution in [0, 0.1) is 0 Å². The summed E-state index contributed by atoms with van der Waals surface area (Å²) in [6.07, 6.45) is 3.77. The van der Waals surface area contributed by atoms with Crippen LogP contribution in [-0.4, -0.2) is 46.6 Å². The number of fused-ring (bicyclic) bond motifs is 1. The highest BCUT2D eigenvalue weighted by atomic mass is 16.6. The highest BCUT2D eigenvalue weighted by molar-refractivity contribution is 5.84. The van der Waals surface area contributed by atoms with Crippen LogP contribution in [0.3, 0.4) is 0 Å². The molecule has 6 nitrogen and oxygen atoms in total. The van der Waals surface area contributed by atoms with E-state index in [1.807, 2.05) is 43.7 Å². The average molecular weight is 408 g/mol. The maximum Gasteiger partial charge on any atom is 0.410 e. The van der Waals surface area contributed by atoms with Crippen molar-refractivity contribution in [3.05, 3.63) is 48.7 Å². The molecular weight excluding hydrogens is 378 g/mol. The standard InChI is InChI=1S/C24H29N3O3/c1-24(2,3)30-23(28)26-12-6-8-20(16-26)27-15-19-11-10-18(14-22(19)25-27)17-7-5-9-21(13-17)29-4/h5,7,9-11,13-15,20H,6,8,12,16H2,1-4H3. The SMILES string of the molecule is COc1cccc(-c2ccc3cn(C4CCCN(C(=O)OC(C)(C)C)C4)nc3c2)c1. The minimum absolute atomic E-state index is 0.152. The van der Waals surface area contributed by atoms with Crippen LogP contribution in [-0.2, 0) is 4.74 Å². The molecule has 0 aliphatic carbocycles. The Morgan fingerprint density at radius 2 is 1.93 bits per heavy atom. The highest BCUT2D eigenvalue weighted by Crippen LogP contribution is 2.29. The van der Waals surface area contributed by atoms with Gasteiger partial charge in [-0.3, -0.25) is 4.68 Å². The fraction of sp³-hybridized carbons (Fsp3) is 0.417. The third-order valence-electron chi connectivity index (χ3n) is 5.35. The zero-order valence-electron chi connectivity index (χ0n) is 18.1. The van der Waals surface area contributed by atoms with E-state index in [9.17, 15) is 4.79 Å². The Labute approximate surface area is 177 Å². The van der Waals surface area contributed by atoms with E-state index in [2.05, 4.69) is 30.5 Å².